The monoisotopic (exact) mass is 575 g/mol. The van der Waals surface area contributed by atoms with Crippen molar-refractivity contribution in [1.29, 1.82) is 0 Å². The second-order valence-electron chi connectivity index (χ2n) is 11.8. The van der Waals surface area contributed by atoms with Crippen LogP contribution in [0.3, 0.4) is 0 Å². The average molecular weight is 576 g/mol. The van der Waals surface area contributed by atoms with E-state index < -0.39 is 41.7 Å². The Labute approximate surface area is 237 Å². The van der Waals surface area contributed by atoms with Gasteiger partial charge in [0.2, 0.25) is 0 Å². The number of halogens is 3. The minimum absolute atomic E-state index is 0.00788. The van der Waals surface area contributed by atoms with Crippen LogP contribution >= 0.6 is 0 Å². The summed E-state index contributed by atoms with van der Waals surface area (Å²) in [5, 5.41) is 3.45. The number of alkyl halides is 3. The van der Waals surface area contributed by atoms with Crippen molar-refractivity contribution in [1.82, 2.24) is 9.80 Å². The second kappa shape index (κ2) is 11.4. The van der Waals surface area contributed by atoms with Gasteiger partial charge in [-0.15, -0.1) is 0 Å². The first kappa shape index (κ1) is 29.0. The molecule has 3 aliphatic rings. The van der Waals surface area contributed by atoms with Crippen LogP contribution in [0, 0.1) is 5.92 Å². The molecule has 2 amide bonds. The Morgan fingerprint density at radius 1 is 0.951 bits per heavy atom. The summed E-state index contributed by atoms with van der Waals surface area (Å²) in [4.78, 5) is 28.2. The van der Waals surface area contributed by atoms with Crippen molar-refractivity contribution in [3.05, 3.63) is 65.2 Å². The molecule has 0 unspecified atom stereocenters. The van der Waals surface area contributed by atoms with Crippen molar-refractivity contribution >= 4 is 17.9 Å². The highest BCUT2D eigenvalue weighted by Crippen LogP contribution is 2.51. The van der Waals surface area contributed by atoms with Crippen molar-refractivity contribution < 1.29 is 37.0 Å². The van der Waals surface area contributed by atoms with Gasteiger partial charge in [0, 0.05) is 43.3 Å². The fraction of sp³-hybridized carbons (Fsp3) is 0.533. The first-order valence-electron chi connectivity index (χ1n) is 14.0. The maximum absolute atomic E-state index is 13.6. The Morgan fingerprint density at radius 3 is 2.24 bits per heavy atom. The highest BCUT2D eigenvalue weighted by atomic mass is 19.4. The van der Waals surface area contributed by atoms with E-state index in [1.807, 2.05) is 30.3 Å². The Bertz CT molecular complexity index is 1240. The minimum Gasteiger partial charge on any atom is -0.447 e. The summed E-state index contributed by atoms with van der Waals surface area (Å²) in [5.41, 5.74) is 0.779. The van der Waals surface area contributed by atoms with E-state index in [1.54, 1.807) is 25.7 Å². The van der Waals surface area contributed by atoms with Gasteiger partial charge in [0.15, 0.2) is 0 Å². The first-order chi connectivity index (χ1) is 19.4. The van der Waals surface area contributed by atoms with Crippen LogP contribution < -0.4 is 5.32 Å². The van der Waals surface area contributed by atoms with Gasteiger partial charge in [-0.2, -0.15) is 13.2 Å². The molecule has 0 bridgehead atoms. The topological polar surface area (TPSA) is 80.3 Å². The van der Waals surface area contributed by atoms with Crippen molar-refractivity contribution in [3.8, 4) is 0 Å². The smallest absolute Gasteiger partial charge is 0.416 e. The van der Waals surface area contributed by atoms with Crippen LogP contribution in [0.1, 0.15) is 62.4 Å². The van der Waals surface area contributed by atoms with Crippen LogP contribution in [0.2, 0.25) is 0 Å². The average Bonchev–Trinajstić information content (AvgIpc) is 2.94. The molecule has 1 N–H and O–H groups in total. The quantitative estimate of drug-likeness (QED) is 0.457. The highest BCUT2D eigenvalue weighted by Gasteiger charge is 2.44. The number of piperazine rings is 1. The molecule has 11 heteroatoms. The molecule has 2 aromatic rings. The van der Waals surface area contributed by atoms with Gasteiger partial charge in [0.05, 0.1) is 23.8 Å². The second-order valence-corrected chi connectivity index (χ2v) is 11.8. The minimum atomic E-state index is -4.47. The van der Waals surface area contributed by atoms with E-state index in [0.29, 0.717) is 50.3 Å². The summed E-state index contributed by atoms with van der Waals surface area (Å²) in [6.07, 6.45) is -5.16. The SMILES string of the molecule is CC(C)(C)OC(=O)N1CCN(C(=O)OC[C@H]2CC[C@@H]3[C@H](O2)c2cc(C(F)(F)F)ccc2N[C@H]3c2ccccc2)CC1. The van der Waals surface area contributed by atoms with Gasteiger partial charge in [-0.3, -0.25) is 0 Å². The van der Waals surface area contributed by atoms with Gasteiger partial charge in [-0.05, 0) is 57.4 Å². The van der Waals surface area contributed by atoms with Crippen LogP contribution in [0.15, 0.2) is 48.5 Å². The lowest BCUT2D eigenvalue weighted by Crippen LogP contribution is -2.52. The third-order valence-electron chi connectivity index (χ3n) is 7.72. The Hall–Kier alpha value is -3.47. The number of nitrogens with zero attached hydrogens (tertiary/aromatic N) is 2. The number of carbonyl (C=O) groups excluding carboxylic acids is 2. The Morgan fingerprint density at radius 2 is 1.61 bits per heavy atom. The summed E-state index contributed by atoms with van der Waals surface area (Å²) < 4.78 is 58.1. The maximum Gasteiger partial charge on any atom is 0.416 e. The standard InChI is InChI=1S/C30H36F3N3O5/c1-29(2,3)41-28(38)36-15-13-35(14-16-36)27(37)39-18-21-10-11-22-25(19-7-5-4-6-8-19)34-24-12-9-20(30(31,32)33)17-23(24)26(22)40-21/h4-9,12,17,21-22,25-26,34H,10-11,13-16,18H2,1-3H3/t21-,22+,25+,26+/m1/s1. The summed E-state index contributed by atoms with van der Waals surface area (Å²) >= 11 is 0. The van der Waals surface area contributed by atoms with Crippen molar-refractivity contribution in [2.75, 3.05) is 38.1 Å². The number of hydrogen-bond acceptors (Lipinski definition) is 6. The van der Waals surface area contributed by atoms with E-state index in [-0.39, 0.29) is 18.6 Å². The van der Waals surface area contributed by atoms with E-state index in [0.717, 1.165) is 11.6 Å². The van der Waals surface area contributed by atoms with Crippen molar-refractivity contribution in [3.63, 3.8) is 0 Å². The third kappa shape index (κ3) is 6.72. The molecule has 2 fully saturated rings. The van der Waals surface area contributed by atoms with Gasteiger partial charge < -0.3 is 29.3 Å². The lowest BCUT2D eigenvalue weighted by Gasteiger charge is -2.45. The zero-order valence-electron chi connectivity index (χ0n) is 23.4. The van der Waals surface area contributed by atoms with Crippen molar-refractivity contribution in [2.24, 2.45) is 5.92 Å². The van der Waals surface area contributed by atoms with Crippen LogP contribution in [0.4, 0.5) is 28.4 Å². The Balaban J connectivity index is 1.23. The lowest BCUT2D eigenvalue weighted by molar-refractivity contribution is -0.138. The maximum atomic E-state index is 13.6. The number of anilines is 1. The molecule has 0 aliphatic carbocycles. The normalized spacial score (nSPS) is 24.5. The van der Waals surface area contributed by atoms with E-state index in [9.17, 15) is 22.8 Å². The molecular formula is C30H36F3N3O5. The summed E-state index contributed by atoms with van der Waals surface area (Å²) in [5.74, 6) is -0.0960. The molecule has 0 aromatic heterocycles. The van der Waals surface area contributed by atoms with Gasteiger partial charge in [-0.25, -0.2) is 9.59 Å². The molecule has 4 atom stereocenters. The van der Waals surface area contributed by atoms with Gasteiger partial charge in [-0.1, -0.05) is 30.3 Å². The number of nitrogens with one attached hydrogen (secondary N) is 1. The molecule has 5 rings (SSSR count). The molecule has 3 heterocycles. The van der Waals surface area contributed by atoms with Crippen molar-refractivity contribution in [2.45, 2.75) is 63.6 Å². The Kier molecular flexibility index (Phi) is 8.09. The molecule has 0 saturated carbocycles. The number of carbonyl (C=O) groups is 2. The molecule has 222 valence electrons. The molecule has 0 spiro atoms. The zero-order valence-corrected chi connectivity index (χ0v) is 23.4. The van der Waals surface area contributed by atoms with Crippen LogP contribution in [0.5, 0.6) is 0 Å². The molecule has 0 radical (unpaired) electrons. The van der Waals surface area contributed by atoms with Crippen LogP contribution in [0.25, 0.3) is 0 Å². The fourth-order valence-electron chi connectivity index (χ4n) is 5.70. The molecule has 2 aromatic carbocycles. The molecule has 8 nitrogen and oxygen atoms in total. The predicted molar refractivity (Wildman–Crippen MR) is 145 cm³/mol. The number of rotatable bonds is 3. The van der Waals surface area contributed by atoms with E-state index in [1.165, 1.54) is 17.0 Å². The molecular weight excluding hydrogens is 539 g/mol. The number of hydrogen-bond donors (Lipinski definition) is 1. The van der Waals surface area contributed by atoms with E-state index >= 15 is 0 Å². The summed E-state index contributed by atoms with van der Waals surface area (Å²) in [6.45, 7) is 6.68. The fourth-order valence-corrected chi connectivity index (χ4v) is 5.70. The van der Waals surface area contributed by atoms with Crippen LogP contribution in [-0.2, 0) is 20.4 Å². The highest BCUT2D eigenvalue weighted by molar-refractivity contribution is 5.70. The third-order valence-corrected chi connectivity index (χ3v) is 7.72. The molecule has 2 saturated heterocycles. The molecule has 3 aliphatic heterocycles. The number of ether oxygens (including phenoxy) is 3. The number of fused-ring (bicyclic) bond motifs is 3. The van der Waals surface area contributed by atoms with E-state index in [4.69, 9.17) is 14.2 Å². The predicted octanol–water partition coefficient (Wildman–Crippen LogP) is 6.40. The van der Waals surface area contributed by atoms with E-state index in [2.05, 4.69) is 5.32 Å². The first-order valence-corrected chi connectivity index (χ1v) is 14.0. The number of benzene rings is 2. The molecule has 41 heavy (non-hydrogen) atoms. The van der Waals surface area contributed by atoms with Gasteiger partial charge in [0.25, 0.3) is 0 Å². The summed E-state index contributed by atoms with van der Waals surface area (Å²) in [6, 6.07) is 13.4. The van der Waals surface area contributed by atoms with Gasteiger partial charge in [0.1, 0.15) is 12.2 Å². The van der Waals surface area contributed by atoms with Gasteiger partial charge >= 0.3 is 18.4 Å². The lowest BCUT2D eigenvalue weighted by atomic mass is 9.76. The zero-order chi connectivity index (χ0) is 29.4. The van der Waals surface area contributed by atoms with Crippen LogP contribution in [-0.4, -0.2) is 66.5 Å². The summed E-state index contributed by atoms with van der Waals surface area (Å²) in [7, 11) is 0. The largest absolute Gasteiger partial charge is 0.447 e. The number of amides is 2.